The molecule has 108 valence electrons. The summed E-state index contributed by atoms with van der Waals surface area (Å²) < 4.78 is 5.97. The van der Waals surface area contributed by atoms with Crippen molar-refractivity contribution in [3.05, 3.63) is 0 Å². The fourth-order valence-corrected chi connectivity index (χ4v) is 2.54. The SMILES string of the molecule is CC1CCC(OCCNCCC(C)(C)C)CC1C. The molecule has 0 amide bonds. The highest BCUT2D eigenvalue weighted by atomic mass is 16.5. The Morgan fingerprint density at radius 2 is 1.78 bits per heavy atom. The van der Waals surface area contributed by atoms with Gasteiger partial charge in [-0.05, 0) is 49.5 Å². The molecule has 18 heavy (non-hydrogen) atoms. The Bertz CT molecular complexity index is 222. The summed E-state index contributed by atoms with van der Waals surface area (Å²) >= 11 is 0. The second-order valence-corrected chi connectivity index (χ2v) is 7.32. The summed E-state index contributed by atoms with van der Waals surface area (Å²) in [4.78, 5) is 0. The molecule has 3 unspecified atom stereocenters. The van der Waals surface area contributed by atoms with Gasteiger partial charge in [0.2, 0.25) is 0 Å². The lowest BCUT2D eigenvalue weighted by Crippen LogP contribution is -2.30. The molecule has 3 atom stereocenters. The van der Waals surface area contributed by atoms with Crippen LogP contribution in [0.15, 0.2) is 0 Å². The zero-order chi connectivity index (χ0) is 13.6. The Balaban J connectivity index is 1.98. The zero-order valence-electron chi connectivity index (χ0n) is 13.1. The van der Waals surface area contributed by atoms with E-state index in [9.17, 15) is 0 Å². The van der Waals surface area contributed by atoms with Gasteiger partial charge in [-0.2, -0.15) is 0 Å². The molecule has 1 aliphatic rings. The Morgan fingerprint density at radius 3 is 2.39 bits per heavy atom. The van der Waals surface area contributed by atoms with E-state index in [1.165, 1.54) is 25.7 Å². The minimum Gasteiger partial charge on any atom is -0.377 e. The molecule has 0 heterocycles. The summed E-state index contributed by atoms with van der Waals surface area (Å²) in [5.41, 5.74) is 0.433. The summed E-state index contributed by atoms with van der Waals surface area (Å²) in [6, 6.07) is 0. The molecule has 0 bridgehead atoms. The largest absolute Gasteiger partial charge is 0.377 e. The van der Waals surface area contributed by atoms with Crippen molar-refractivity contribution in [2.24, 2.45) is 17.3 Å². The Kier molecular flexibility index (Phi) is 6.65. The minimum atomic E-state index is 0.433. The third kappa shape index (κ3) is 6.75. The van der Waals surface area contributed by atoms with Gasteiger partial charge in [-0.3, -0.25) is 0 Å². The molecule has 1 rings (SSSR count). The van der Waals surface area contributed by atoms with Crippen molar-refractivity contribution in [2.75, 3.05) is 19.7 Å². The van der Waals surface area contributed by atoms with E-state index in [1.807, 2.05) is 0 Å². The molecule has 1 saturated carbocycles. The van der Waals surface area contributed by atoms with Gasteiger partial charge in [-0.15, -0.1) is 0 Å². The molecule has 1 fully saturated rings. The molecule has 0 aliphatic heterocycles. The van der Waals surface area contributed by atoms with E-state index < -0.39 is 0 Å². The van der Waals surface area contributed by atoms with Crippen LogP contribution in [0, 0.1) is 17.3 Å². The molecule has 1 N–H and O–H groups in total. The van der Waals surface area contributed by atoms with Crippen molar-refractivity contribution < 1.29 is 4.74 Å². The molecule has 0 spiro atoms. The number of nitrogens with one attached hydrogen (secondary N) is 1. The third-order valence-electron chi connectivity index (χ3n) is 4.23. The van der Waals surface area contributed by atoms with E-state index >= 15 is 0 Å². The maximum atomic E-state index is 5.97. The molecule has 0 radical (unpaired) electrons. The first-order chi connectivity index (χ1) is 8.38. The first kappa shape index (κ1) is 16.0. The fraction of sp³-hybridized carbons (Fsp3) is 1.00. The standard InChI is InChI=1S/C16H33NO/c1-13-6-7-15(12-14(13)2)18-11-10-17-9-8-16(3,4)5/h13-15,17H,6-12H2,1-5H3. The Labute approximate surface area is 114 Å². The molecule has 0 aromatic rings. The predicted molar refractivity (Wildman–Crippen MR) is 78.9 cm³/mol. The first-order valence-electron chi connectivity index (χ1n) is 7.71. The number of ether oxygens (including phenoxy) is 1. The molecule has 1 aliphatic carbocycles. The summed E-state index contributed by atoms with van der Waals surface area (Å²) in [5.74, 6) is 1.72. The lowest BCUT2D eigenvalue weighted by atomic mass is 9.80. The minimum absolute atomic E-state index is 0.433. The summed E-state index contributed by atoms with van der Waals surface area (Å²) in [6.07, 6.45) is 5.59. The highest BCUT2D eigenvalue weighted by Gasteiger charge is 2.24. The number of hydrogen-bond acceptors (Lipinski definition) is 2. The van der Waals surface area contributed by atoms with Crippen LogP contribution in [0.3, 0.4) is 0 Å². The molecule has 2 nitrogen and oxygen atoms in total. The van der Waals surface area contributed by atoms with E-state index in [2.05, 4.69) is 39.9 Å². The van der Waals surface area contributed by atoms with Gasteiger partial charge in [0.25, 0.3) is 0 Å². The topological polar surface area (TPSA) is 21.3 Å². The van der Waals surface area contributed by atoms with Gasteiger partial charge in [0.15, 0.2) is 0 Å². The van der Waals surface area contributed by atoms with Crippen LogP contribution >= 0.6 is 0 Å². The molecule has 0 aromatic carbocycles. The highest BCUT2D eigenvalue weighted by molar-refractivity contribution is 4.75. The maximum Gasteiger partial charge on any atom is 0.0594 e. The fourth-order valence-electron chi connectivity index (χ4n) is 2.54. The Morgan fingerprint density at radius 1 is 1.06 bits per heavy atom. The van der Waals surface area contributed by atoms with Gasteiger partial charge >= 0.3 is 0 Å². The second-order valence-electron chi connectivity index (χ2n) is 7.32. The number of rotatable bonds is 6. The van der Waals surface area contributed by atoms with Crippen LogP contribution in [-0.4, -0.2) is 25.8 Å². The van der Waals surface area contributed by atoms with Gasteiger partial charge in [0.05, 0.1) is 12.7 Å². The smallest absolute Gasteiger partial charge is 0.0594 e. The summed E-state index contributed by atoms with van der Waals surface area (Å²) in [6.45, 7) is 14.6. The second kappa shape index (κ2) is 7.49. The van der Waals surface area contributed by atoms with E-state index in [4.69, 9.17) is 4.74 Å². The monoisotopic (exact) mass is 255 g/mol. The highest BCUT2D eigenvalue weighted by Crippen LogP contribution is 2.30. The van der Waals surface area contributed by atoms with E-state index in [1.54, 1.807) is 0 Å². The first-order valence-corrected chi connectivity index (χ1v) is 7.71. The van der Waals surface area contributed by atoms with Crippen LogP contribution in [0.1, 0.15) is 60.3 Å². The van der Waals surface area contributed by atoms with Crippen LogP contribution in [0.2, 0.25) is 0 Å². The van der Waals surface area contributed by atoms with E-state index in [0.29, 0.717) is 11.5 Å². The van der Waals surface area contributed by atoms with Gasteiger partial charge in [0.1, 0.15) is 0 Å². The molecular weight excluding hydrogens is 222 g/mol. The van der Waals surface area contributed by atoms with Crippen molar-refractivity contribution in [3.8, 4) is 0 Å². The summed E-state index contributed by atoms with van der Waals surface area (Å²) in [5, 5.41) is 3.48. The van der Waals surface area contributed by atoms with Crippen LogP contribution in [-0.2, 0) is 4.74 Å². The third-order valence-corrected chi connectivity index (χ3v) is 4.23. The molecule has 0 saturated heterocycles. The maximum absolute atomic E-state index is 5.97. The van der Waals surface area contributed by atoms with Crippen LogP contribution in [0.4, 0.5) is 0 Å². The lowest BCUT2D eigenvalue weighted by Gasteiger charge is -2.32. The van der Waals surface area contributed by atoms with Gasteiger partial charge in [0, 0.05) is 6.54 Å². The van der Waals surface area contributed by atoms with E-state index in [0.717, 1.165) is 31.5 Å². The molecule has 0 aromatic heterocycles. The Hall–Kier alpha value is -0.0800. The number of hydrogen-bond donors (Lipinski definition) is 1. The quantitative estimate of drug-likeness (QED) is 0.728. The zero-order valence-corrected chi connectivity index (χ0v) is 13.1. The van der Waals surface area contributed by atoms with Crippen LogP contribution in [0.25, 0.3) is 0 Å². The average Bonchev–Trinajstić information content (AvgIpc) is 2.26. The van der Waals surface area contributed by atoms with Crippen molar-refractivity contribution >= 4 is 0 Å². The van der Waals surface area contributed by atoms with Crippen LogP contribution < -0.4 is 5.32 Å². The van der Waals surface area contributed by atoms with Crippen molar-refractivity contribution in [2.45, 2.75) is 66.4 Å². The van der Waals surface area contributed by atoms with E-state index in [-0.39, 0.29) is 0 Å². The molecule has 2 heteroatoms. The van der Waals surface area contributed by atoms with Gasteiger partial charge < -0.3 is 10.1 Å². The lowest BCUT2D eigenvalue weighted by molar-refractivity contribution is 0.00422. The average molecular weight is 255 g/mol. The molecular formula is C16H33NO. The van der Waals surface area contributed by atoms with Gasteiger partial charge in [-0.1, -0.05) is 34.6 Å². The van der Waals surface area contributed by atoms with Crippen molar-refractivity contribution in [3.63, 3.8) is 0 Å². The summed E-state index contributed by atoms with van der Waals surface area (Å²) in [7, 11) is 0. The van der Waals surface area contributed by atoms with Crippen molar-refractivity contribution in [1.82, 2.24) is 5.32 Å². The predicted octanol–water partition coefficient (Wildman–Crippen LogP) is 3.85. The van der Waals surface area contributed by atoms with Crippen molar-refractivity contribution in [1.29, 1.82) is 0 Å². The van der Waals surface area contributed by atoms with Gasteiger partial charge in [-0.25, -0.2) is 0 Å². The van der Waals surface area contributed by atoms with Crippen LogP contribution in [0.5, 0.6) is 0 Å². The normalized spacial score (nSPS) is 29.5.